The first kappa shape index (κ1) is 10.9. The minimum absolute atomic E-state index is 0.273. The summed E-state index contributed by atoms with van der Waals surface area (Å²) in [6.45, 7) is 6.96. The van der Waals surface area contributed by atoms with E-state index in [1.54, 1.807) is 0 Å². The molecule has 0 bridgehead atoms. The van der Waals surface area contributed by atoms with E-state index in [4.69, 9.17) is 8.85 Å². The largest absolute Gasteiger partial charge is 0.460 e. The van der Waals surface area contributed by atoms with Crippen molar-refractivity contribution in [2.24, 2.45) is 0 Å². The maximum absolute atomic E-state index is 6.21. The zero-order valence-electron chi connectivity index (χ0n) is 9.58. The number of hydrogen-bond donors (Lipinski definition) is 0. The van der Waals surface area contributed by atoms with Crippen molar-refractivity contribution in [3.8, 4) is 0 Å². The normalized spacial score (nSPS) is 37.5. The minimum Gasteiger partial charge on any atom is -0.460 e. The predicted molar refractivity (Wildman–Crippen MR) is 63.9 cm³/mol. The van der Waals surface area contributed by atoms with Crippen LogP contribution in [0.15, 0.2) is 0 Å². The van der Waals surface area contributed by atoms with Crippen LogP contribution in [-0.2, 0) is 8.85 Å². The van der Waals surface area contributed by atoms with Gasteiger partial charge in [0.2, 0.25) is 0 Å². The van der Waals surface area contributed by atoms with Gasteiger partial charge in [-0.15, -0.1) is 0 Å². The van der Waals surface area contributed by atoms with Gasteiger partial charge in [-0.05, 0) is 43.9 Å². The van der Waals surface area contributed by atoms with Crippen molar-refractivity contribution in [1.29, 1.82) is 0 Å². The number of ether oxygens (including phenoxy) is 1. The summed E-state index contributed by atoms with van der Waals surface area (Å²) in [7, 11) is -1.52. The Morgan fingerprint density at radius 2 is 2.14 bits per heavy atom. The van der Waals surface area contributed by atoms with Gasteiger partial charge in [0.05, 0.1) is 12.2 Å². The quantitative estimate of drug-likeness (QED) is 0.545. The van der Waals surface area contributed by atoms with Crippen molar-refractivity contribution in [3.63, 3.8) is 0 Å². The van der Waals surface area contributed by atoms with Crippen LogP contribution in [0.4, 0.5) is 0 Å². The number of hydrogen-bond acceptors (Lipinski definition) is 2. The lowest BCUT2D eigenvalue weighted by molar-refractivity contribution is 0.372. The zero-order chi connectivity index (χ0) is 10.2. The van der Waals surface area contributed by atoms with Gasteiger partial charge in [-0.25, -0.2) is 0 Å². The zero-order valence-corrected chi connectivity index (χ0v) is 12.0. The van der Waals surface area contributed by atoms with Gasteiger partial charge in [0, 0.05) is 0 Å². The molecule has 2 rings (SSSR count). The molecule has 0 aromatic rings. The monoisotopic (exact) mass is 230 g/mol. The topological polar surface area (TPSA) is 21.8 Å². The summed E-state index contributed by atoms with van der Waals surface area (Å²) in [5.74, 6) is 0. The van der Waals surface area contributed by atoms with E-state index >= 15 is 0 Å². The Morgan fingerprint density at radius 3 is 2.79 bits per heavy atom. The predicted octanol–water partition coefficient (Wildman–Crippen LogP) is 2.05. The van der Waals surface area contributed by atoms with E-state index in [1.807, 2.05) is 0 Å². The van der Waals surface area contributed by atoms with E-state index < -0.39 is 8.32 Å². The molecule has 1 heterocycles. The third-order valence-corrected chi connectivity index (χ3v) is 10.4. The molecule has 1 aliphatic heterocycles. The molecule has 2 aliphatic rings. The Labute approximate surface area is 90.4 Å². The van der Waals surface area contributed by atoms with Gasteiger partial charge in [0.15, 0.2) is 8.32 Å². The molecule has 0 aromatic heterocycles. The van der Waals surface area contributed by atoms with Gasteiger partial charge in [-0.3, -0.25) is 0 Å². The molecule has 0 radical (unpaired) electrons. The van der Waals surface area contributed by atoms with E-state index in [9.17, 15) is 0 Å². The van der Waals surface area contributed by atoms with Crippen LogP contribution in [0.1, 0.15) is 26.2 Å². The standard InChI is InChI=1S/C10H22O2Si2/c1-4-14(2,3)12-13-8-5-6-9-10(7-8)11-9/h8-10H,4-7,13H2,1-3H3. The highest BCUT2D eigenvalue weighted by Gasteiger charge is 2.44. The summed E-state index contributed by atoms with van der Waals surface area (Å²) in [6, 6.07) is 1.26. The fraction of sp³-hybridized carbons (Fsp3) is 1.00. The van der Waals surface area contributed by atoms with Crippen LogP contribution in [0, 0.1) is 0 Å². The fourth-order valence-electron chi connectivity index (χ4n) is 2.08. The highest BCUT2D eigenvalue weighted by molar-refractivity contribution is 6.75. The van der Waals surface area contributed by atoms with Crippen LogP contribution in [0.3, 0.4) is 0 Å². The first-order valence-electron chi connectivity index (χ1n) is 5.90. The van der Waals surface area contributed by atoms with Crippen molar-refractivity contribution >= 4 is 18.1 Å². The molecule has 3 atom stereocenters. The van der Waals surface area contributed by atoms with E-state index in [-0.39, 0.29) is 9.76 Å². The molecular formula is C10H22O2Si2. The van der Waals surface area contributed by atoms with E-state index in [0.717, 1.165) is 5.54 Å². The summed E-state index contributed by atoms with van der Waals surface area (Å²) in [5.41, 5.74) is 0.914. The maximum atomic E-state index is 6.21. The lowest BCUT2D eigenvalue weighted by Gasteiger charge is -2.26. The molecule has 4 heteroatoms. The van der Waals surface area contributed by atoms with E-state index in [2.05, 4.69) is 20.0 Å². The number of fused-ring (bicyclic) bond motifs is 1. The van der Waals surface area contributed by atoms with Crippen LogP contribution in [0.25, 0.3) is 0 Å². The van der Waals surface area contributed by atoms with Crippen molar-refractivity contribution in [2.45, 2.75) is 63.1 Å². The van der Waals surface area contributed by atoms with Gasteiger partial charge < -0.3 is 8.85 Å². The molecule has 0 spiro atoms. The van der Waals surface area contributed by atoms with Gasteiger partial charge in [-0.1, -0.05) is 6.92 Å². The van der Waals surface area contributed by atoms with Crippen LogP contribution in [0.5, 0.6) is 0 Å². The lowest BCUT2D eigenvalue weighted by Crippen LogP contribution is -2.33. The third kappa shape index (κ3) is 2.69. The minimum atomic E-state index is -1.25. The molecule has 0 aromatic carbocycles. The van der Waals surface area contributed by atoms with Gasteiger partial charge >= 0.3 is 0 Å². The summed E-state index contributed by atoms with van der Waals surface area (Å²) in [5, 5.41) is 0. The van der Waals surface area contributed by atoms with Crippen molar-refractivity contribution in [3.05, 3.63) is 0 Å². The Balaban J connectivity index is 1.70. The highest BCUT2D eigenvalue weighted by atomic mass is 28.4. The summed E-state index contributed by atoms with van der Waals surface area (Å²) in [6.07, 6.45) is 5.28. The average molecular weight is 230 g/mol. The summed E-state index contributed by atoms with van der Waals surface area (Å²) in [4.78, 5) is 0. The molecule has 14 heavy (non-hydrogen) atoms. The second-order valence-corrected chi connectivity index (χ2v) is 12.2. The second-order valence-electron chi connectivity index (χ2n) is 5.32. The first-order valence-corrected chi connectivity index (χ1v) is 10.4. The first-order chi connectivity index (χ1) is 6.61. The average Bonchev–Trinajstić information content (AvgIpc) is 2.93. The van der Waals surface area contributed by atoms with Crippen LogP contribution in [0.2, 0.25) is 24.7 Å². The Hall–Kier alpha value is 0.354. The molecule has 1 saturated carbocycles. The summed E-state index contributed by atoms with van der Waals surface area (Å²) >= 11 is 0. The van der Waals surface area contributed by atoms with Crippen LogP contribution in [-0.4, -0.2) is 30.3 Å². The van der Waals surface area contributed by atoms with Crippen LogP contribution < -0.4 is 0 Å². The maximum Gasteiger partial charge on any atom is 0.172 e. The van der Waals surface area contributed by atoms with Crippen molar-refractivity contribution < 1.29 is 8.85 Å². The number of rotatable bonds is 4. The fourth-order valence-corrected chi connectivity index (χ4v) is 6.51. The molecule has 0 amide bonds. The smallest absolute Gasteiger partial charge is 0.172 e. The van der Waals surface area contributed by atoms with Gasteiger partial charge in [0.1, 0.15) is 9.76 Å². The van der Waals surface area contributed by atoms with Gasteiger partial charge in [0.25, 0.3) is 0 Å². The SMILES string of the molecule is CC[Si](C)(C)O[SiH2]C1CCC2OC2C1. The van der Waals surface area contributed by atoms with Crippen molar-refractivity contribution in [1.82, 2.24) is 0 Å². The molecule has 0 N–H and O–H groups in total. The molecule has 2 fully saturated rings. The molecule has 82 valence electrons. The third-order valence-electron chi connectivity index (χ3n) is 3.67. The molecular weight excluding hydrogens is 208 g/mol. The van der Waals surface area contributed by atoms with Crippen LogP contribution >= 0.6 is 0 Å². The Bertz CT molecular complexity index is 208. The van der Waals surface area contributed by atoms with E-state index in [0.29, 0.717) is 12.2 Å². The van der Waals surface area contributed by atoms with E-state index in [1.165, 1.54) is 25.3 Å². The summed E-state index contributed by atoms with van der Waals surface area (Å²) < 4.78 is 11.8. The van der Waals surface area contributed by atoms with Gasteiger partial charge in [-0.2, -0.15) is 0 Å². The Kier molecular flexibility index (Phi) is 3.16. The number of epoxide rings is 1. The molecule has 1 aliphatic carbocycles. The Morgan fingerprint density at radius 1 is 1.36 bits per heavy atom. The lowest BCUT2D eigenvalue weighted by atomic mass is 10.0. The molecule has 1 saturated heterocycles. The molecule has 3 unspecified atom stereocenters. The van der Waals surface area contributed by atoms with Crippen molar-refractivity contribution in [2.75, 3.05) is 0 Å². The molecule has 2 nitrogen and oxygen atoms in total. The highest BCUT2D eigenvalue weighted by Crippen LogP contribution is 2.41. The second kappa shape index (κ2) is 4.08.